The second-order valence-electron chi connectivity index (χ2n) is 7.90. The van der Waals surface area contributed by atoms with Gasteiger partial charge in [0, 0.05) is 18.1 Å². The first-order chi connectivity index (χ1) is 13.4. The van der Waals surface area contributed by atoms with E-state index in [1.807, 2.05) is 0 Å². The van der Waals surface area contributed by atoms with Crippen LogP contribution in [0.2, 0.25) is 0 Å². The van der Waals surface area contributed by atoms with Crippen LogP contribution >= 0.6 is 11.3 Å². The van der Waals surface area contributed by atoms with Gasteiger partial charge in [0.15, 0.2) is 10.7 Å². The Kier molecular flexibility index (Phi) is 5.03. The summed E-state index contributed by atoms with van der Waals surface area (Å²) in [6.45, 7) is 6.64. The summed E-state index contributed by atoms with van der Waals surface area (Å²) in [5.74, 6) is 1.98. The number of furan rings is 1. The van der Waals surface area contributed by atoms with Crippen molar-refractivity contribution >= 4 is 16.3 Å². The van der Waals surface area contributed by atoms with E-state index < -0.39 is 0 Å². The largest absolute Gasteiger partial charge is 0.458 e. The fraction of sp³-hybridized carbons (Fsp3) is 0.571. The number of hydrogen-bond donors (Lipinski definition) is 0. The Bertz CT molecular complexity index is 883. The third kappa shape index (κ3) is 3.71. The molecule has 2 aliphatic rings. The normalized spacial score (nSPS) is 19.9. The molecule has 27 heavy (non-hydrogen) atoms. The molecule has 5 rings (SSSR count). The highest BCUT2D eigenvalue weighted by Gasteiger charge is 2.21. The van der Waals surface area contributed by atoms with Crippen molar-refractivity contribution in [3.05, 3.63) is 35.2 Å². The Balaban J connectivity index is 1.40. The van der Waals surface area contributed by atoms with Crippen molar-refractivity contribution in [2.24, 2.45) is 0 Å². The van der Waals surface area contributed by atoms with Crippen LogP contribution < -0.4 is 0 Å². The predicted octanol–water partition coefficient (Wildman–Crippen LogP) is 4.63. The van der Waals surface area contributed by atoms with Crippen LogP contribution in [0.4, 0.5) is 0 Å². The van der Waals surface area contributed by atoms with Gasteiger partial charge in [-0.1, -0.05) is 12.8 Å². The molecule has 0 aliphatic carbocycles. The van der Waals surface area contributed by atoms with Crippen molar-refractivity contribution in [3.63, 3.8) is 0 Å². The maximum atomic E-state index is 6.27. The van der Waals surface area contributed by atoms with Crippen molar-refractivity contribution in [2.75, 3.05) is 26.2 Å². The molecule has 6 heteroatoms. The zero-order valence-electron chi connectivity index (χ0n) is 15.9. The molecule has 0 spiro atoms. The van der Waals surface area contributed by atoms with Crippen LogP contribution in [0.5, 0.6) is 0 Å². The Labute approximate surface area is 164 Å². The van der Waals surface area contributed by atoms with E-state index in [0.717, 1.165) is 35.3 Å². The summed E-state index contributed by atoms with van der Waals surface area (Å²) in [4.78, 5) is 11.0. The van der Waals surface area contributed by atoms with Gasteiger partial charge in [0.1, 0.15) is 11.5 Å². The van der Waals surface area contributed by atoms with Gasteiger partial charge in [0.05, 0.1) is 12.2 Å². The molecular formula is C21H28N4OS. The first kappa shape index (κ1) is 17.5. The number of nitrogens with zero attached hydrogens (tertiary/aromatic N) is 4. The molecule has 144 valence electrons. The van der Waals surface area contributed by atoms with Crippen LogP contribution in [0.1, 0.15) is 50.0 Å². The lowest BCUT2D eigenvalue weighted by Crippen LogP contribution is -2.29. The van der Waals surface area contributed by atoms with Gasteiger partial charge in [-0.05, 0) is 64.0 Å². The molecule has 0 amide bonds. The van der Waals surface area contributed by atoms with Crippen molar-refractivity contribution in [3.8, 4) is 11.5 Å². The smallest absolute Gasteiger partial charge is 0.194 e. The van der Waals surface area contributed by atoms with Crippen molar-refractivity contribution in [2.45, 2.75) is 51.6 Å². The van der Waals surface area contributed by atoms with Crippen molar-refractivity contribution in [1.29, 1.82) is 0 Å². The maximum Gasteiger partial charge on any atom is 0.194 e. The maximum absolute atomic E-state index is 6.27. The average Bonchev–Trinajstić information content (AvgIpc) is 3.41. The Morgan fingerprint density at radius 1 is 0.889 bits per heavy atom. The molecule has 5 nitrogen and oxygen atoms in total. The lowest BCUT2D eigenvalue weighted by molar-refractivity contribution is 0.205. The van der Waals surface area contributed by atoms with E-state index in [2.05, 4.69) is 37.9 Å². The molecule has 0 saturated carbocycles. The molecule has 2 saturated heterocycles. The van der Waals surface area contributed by atoms with Gasteiger partial charge in [0.25, 0.3) is 0 Å². The quantitative estimate of drug-likeness (QED) is 0.643. The van der Waals surface area contributed by atoms with Crippen LogP contribution in [-0.4, -0.2) is 45.4 Å². The van der Waals surface area contributed by atoms with Crippen LogP contribution in [0.15, 0.2) is 28.1 Å². The molecule has 0 atom stereocenters. The first-order valence-electron chi connectivity index (χ1n) is 10.3. The van der Waals surface area contributed by atoms with Gasteiger partial charge in [-0.3, -0.25) is 14.2 Å². The number of imidazole rings is 1. The second kappa shape index (κ2) is 7.78. The SMILES string of the molecule is c1cn2c(CN3CCCCC3)c(-c3ccc(CN4CCCCC4)o3)nc2s1. The summed E-state index contributed by atoms with van der Waals surface area (Å²) in [6.07, 6.45) is 10.1. The van der Waals surface area contributed by atoms with E-state index >= 15 is 0 Å². The van der Waals surface area contributed by atoms with E-state index in [9.17, 15) is 0 Å². The molecule has 0 N–H and O–H groups in total. The highest BCUT2D eigenvalue weighted by Crippen LogP contribution is 2.30. The average molecular weight is 385 g/mol. The monoisotopic (exact) mass is 384 g/mol. The standard InChI is InChI=1S/C21H28N4OS/c1-3-9-23(10-4-1)15-17-7-8-19(26-17)20-18(16-24-11-5-2-6-12-24)25-13-14-27-21(25)22-20/h7-8,13-14H,1-6,9-12,15-16H2. The third-order valence-corrected chi connectivity index (χ3v) is 6.66. The molecule has 2 aliphatic heterocycles. The highest BCUT2D eigenvalue weighted by molar-refractivity contribution is 7.15. The number of hydrogen-bond acceptors (Lipinski definition) is 5. The van der Waals surface area contributed by atoms with Gasteiger partial charge in [0.2, 0.25) is 0 Å². The summed E-state index contributed by atoms with van der Waals surface area (Å²) in [7, 11) is 0. The number of piperidine rings is 2. The second-order valence-corrected chi connectivity index (χ2v) is 8.78. The van der Waals surface area contributed by atoms with Crippen LogP contribution in [0.3, 0.4) is 0 Å². The predicted molar refractivity (Wildman–Crippen MR) is 109 cm³/mol. The minimum Gasteiger partial charge on any atom is -0.458 e. The van der Waals surface area contributed by atoms with Gasteiger partial charge in [-0.2, -0.15) is 0 Å². The summed E-state index contributed by atoms with van der Waals surface area (Å²) in [5.41, 5.74) is 2.30. The summed E-state index contributed by atoms with van der Waals surface area (Å²) < 4.78 is 8.52. The topological polar surface area (TPSA) is 36.9 Å². The van der Waals surface area contributed by atoms with E-state index in [0.29, 0.717) is 0 Å². The van der Waals surface area contributed by atoms with E-state index in [1.54, 1.807) is 11.3 Å². The highest BCUT2D eigenvalue weighted by atomic mass is 32.1. The summed E-state index contributed by atoms with van der Waals surface area (Å²) >= 11 is 1.70. The number of thiazole rings is 1. The molecule has 0 bridgehead atoms. The summed E-state index contributed by atoms with van der Waals surface area (Å²) in [6, 6.07) is 4.26. The fourth-order valence-electron chi connectivity index (χ4n) is 4.44. The van der Waals surface area contributed by atoms with E-state index in [-0.39, 0.29) is 0 Å². The number of likely N-dealkylation sites (tertiary alicyclic amines) is 2. The molecule has 2 fully saturated rings. The molecule has 0 aromatic carbocycles. The van der Waals surface area contributed by atoms with Gasteiger partial charge in [-0.25, -0.2) is 4.98 Å². The number of fused-ring (bicyclic) bond motifs is 1. The Hall–Kier alpha value is -1.63. The van der Waals surface area contributed by atoms with E-state index in [4.69, 9.17) is 9.40 Å². The molecule has 0 unspecified atom stereocenters. The van der Waals surface area contributed by atoms with Crippen LogP contribution in [0, 0.1) is 0 Å². The minimum atomic E-state index is 0.920. The molecule has 3 aromatic rings. The third-order valence-electron chi connectivity index (χ3n) is 5.91. The molecule has 0 radical (unpaired) electrons. The number of rotatable bonds is 5. The summed E-state index contributed by atoms with van der Waals surface area (Å²) in [5, 5.41) is 2.12. The fourth-order valence-corrected chi connectivity index (χ4v) is 5.17. The molecular weight excluding hydrogens is 356 g/mol. The van der Waals surface area contributed by atoms with Gasteiger partial charge in [-0.15, -0.1) is 11.3 Å². The number of aromatic nitrogens is 2. The van der Waals surface area contributed by atoms with Gasteiger partial charge >= 0.3 is 0 Å². The van der Waals surface area contributed by atoms with E-state index in [1.165, 1.54) is 70.4 Å². The first-order valence-corrected chi connectivity index (χ1v) is 11.2. The van der Waals surface area contributed by atoms with Gasteiger partial charge < -0.3 is 4.42 Å². The lowest BCUT2D eigenvalue weighted by Gasteiger charge is -2.26. The van der Waals surface area contributed by atoms with Crippen LogP contribution in [0.25, 0.3) is 16.4 Å². The lowest BCUT2D eigenvalue weighted by atomic mass is 10.1. The van der Waals surface area contributed by atoms with Crippen LogP contribution in [-0.2, 0) is 13.1 Å². The van der Waals surface area contributed by atoms with Crippen molar-refractivity contribution < 1.29 is 4.42 Å². The zero-order valence-corrected chi connectivity index (χ0v) is 16.7. The minimum absolute atomic E-state index is 0.920. The Morgan fingerprint density at radius 2 is 1.59 bits per heavy atom. The Morgan fingerprint density at radius 3 is 2.33 bits per heavy atom. The zero-order chi connectivity index (χ0) is 18.1. The van der Waals surface area contributed by atoms with Crippen molar-refractivity contribution in [1.82, 2.24) is 19.2 Å². The molecule has 3 aromatic heterocycles. The molecule has 5 heterocycles.